The molecular formula is C21H34N4O18. The molecule has 0 heterocycles. The average Bonchev–Trinajstić information content (AvgIpc) is 2.76. The quantitative estimate of drug-likeness (QED) is 0.0572. The van der Waals surface area contributed by atoms with E-state index in [0.29, 0.717) is 0 Å². The highest BCUT2D eigenvalue weighted by molar-refractivity contribution is 5.76. The summed E-state index contributed by atoms with van der Waals surface area (Å²) in [4.78, 5) is 95.6. The van der Waals surface area contributed by atoms with Crippen LogP contribution in [0.25, 0.3) is 0 Å². The highest BCUT2D eigenvalue weighted by atomic mass is 16.4. The van der Waals surface area contributed by atoms with Crippen LogP contribution in [-0.4, -0.2) is 186 Å². The van der Waals surface area contributed by atoms with Crippen molar-refractivity contribution in [1.29, 1.82) is 0 Å². The second kappa shape index (κ2) is 23.7. The molecule has 0 saturated heterocycles. The first-order valence-electron chi connectivity index (χ1n) is 11.5. The molecule has 22 heteroatoms. The zero-order valence-corrected chi connectivity index (χ0v) is 22.7. The molecule has 43 heavy (non-hydrogen) atoms. The Kier molecular flexibility index (Phi) is 23.5. The van der Waals surface area contributed by atoms with E-state index in [4.69, 9.17) is 46.0 Å². The number of carboxylic acid groups (broad SMARTS) is 9. The summed E-state index contributed by atoms with van der Waals surface area (Å²) in [5.41, 5.74) is 0. The van der Waals surface area contributed by atoms with Crippen molar-refractivity contribution >= 4 is 53.7 Å². The summed E-state index contributed by atoms with van der Waals surface area (Å²) in [6.45, 7) is -3.16. The van der Waals surface area contributed by atoms with E-state index in [0.717, 1.165) is 14.7 Å². The molecular weight excluding hydrogens is 596 g/mol. The van der Waals surface area contributed by atoms with E-state index in [1.807, 2.05) is 0 Å². The molecule has 0 rings (SSSR count). The average molecular weight is 631 g/mol. The highest BCUT2D eigenvalue weighted by Crippen LogP contribution is 2.03. The summed E-state index contributed by atoms with van der Waals surface area (Å²) in [6, 6.07) is -0.643. The molecule has 22 nitrogen and oxygen atoms in total. The van der Waals surface area contributed by atoms with Gasteiger partial charge in [-0.15, -0.1) is 0 Å². The van der Waals surface area contributed by atoms with E-state index in [1.165, 1.54) is 6.92 Å². The standard InChI is InChI=1S/C11H18N2O8.C6H9NO6.C4H7NO4/c1-7(13(5-10(18)19)6-11(20)21)2-12(3-8(14)15)4-9(16)17;8-4(9)1-7(2-5(10)11)3-6(12)13;6-3(7)1-5-2-4(8)9/h7H,2-6H2,1H3,(H,14,15)(H,16,17)(H,18,19)(H,20,21);1-3H2,(H,8,9)(H,10,11)(H,12,13);5H,1-2H2,(H,6,7)(H,8,9). The maximum absolute atomic E-state index is 10.7. The summed E-state index contributed by atoms with van der Waals surface area (Å²) in [5.74, 6) is -10.8. The Balaban J connectivity index is -0.000000618. The van der Waals surface area contributed by atoms with Gasteiger partial charge in [-0.3, -0.25) is 63.2 Å². The number of aliphatic carboxylic acids is 9. The van der Waals surface area contributed by atoms with Gasteiger partial charge in [0.25, 0.3) is 0 Å². The Bertz CT molecular complexity index is 903. The van der Waals surface area contributed by atoms with Gasteiger partial charge in [0.05, 0.1) is 58.9 Å². The molecule has 0 aliphatic carbocycles. The Morgan fingerprint density at radius 1 is 0.442 bits per heavy atom. The molecule has 1 atom stereocenters. The Morgan fingerprint density at radius 3 is 0.930 bits per heavy atom. The molecule has 0 radical (unpaired) electrons. The smallest absolute Gasteiger partial charge is 0.317 e. The third kappa shape index (κ3) is 33.2. The minimum Gasteiger partial charge on any atom is -0.480 e. The van der Waals surface area contributed by atoms with Crippen molar-refractivity contribution in [3.63, 3.8) is 0 Å². The number of carbonyl (C=O) groups is 9. The van der Waals surface area contributed by atoms with Gasteiger partial charge in [-0.25, -0.2) is 0 Å². The third-order valence-electron chi connectivity index (χ3n) is 4.17. The molecule has 10 N–H and O–H groups in total. The molecule has 0 aromatic carbocycles. The molecule has 0 aliphatic rings. The van der Waals surface area contributed by atoms with Gasteiger partial charge in [-0.1, -0.05) is 0 Å². The Labute approximate surface area is 241 Å². The predicted octanol–water partition coefficient (Wildman–Crippen LogP) is -4.40. The fourth-order valence-electron chi connectivity index (χ4n) is 2.79. The first-order chi connectivity index (χ1) is 19.7. The minimum atomic E-state index is -1.26. The van der Waals surface area contributed by atoms with Crippen LogP contribution in [0.5, 0.6) is 0 Å². The predicted molar refractivity (Wildman–Crippen MR) is 136 cm³/mol. The summed E-state index contributed by atoms with van der Waals surface area (Å²) in [6.07, 6.45) is 0. The largest absolute Gasteiger partial charge is 0.480 e. The van der Waals surface area contributed by atoms with Crippen molar-refractivity contribution in [1.82, 2.24) is 20.0 Å². The second-order valence-corrected chi connectivity index (χ2v) is 8.22. The fourth-order valence-corrected chi connectivity index (χ4v) is 2.79. The van der Waals surface area contributed by atoms with E-state index in [2.05, 4.69) is 5.32 Å². The number of carboxylic acids is 9. The first-order valence-corrected chi connectivity index (χ1v) is 11.5. The van der Waals surface area contributed by atoms with Gasteiger partial charge in [0.15, 0.2) is 0 Å². The maximum Gasteiger partial charge on any atom is 0.317 e. The van der Waals surface area contributed by atoms with Gasteiger partial charge in [0, 0.05) is 12.6 Å². The van der Waals surface area contributed by atoms with Crippen LogP contribution in [0, 0.1) is 0 Å². The first kappa shape index (κ1) is 42.5. The van der Waals surface area contributed by atoms with Gasteiger partial charge in [-0.2, -0.15) is 0 Å². The van der Waals surface area contributed by atoms with E-state index < -0.39 is 106 Å². The fraction of sp³-hybridized carbons (Fsp3) is 0.571. The number of hydrogen-bond acceptors (Lipinski definition) is 13. The summed E-state index contributed by atoms with van der Waals surface area (Å²) in [5, 5.41) is 77.8. The van der Waals surface area contributed by atoms with Crippen molar-refractivity contribution in [3.8, 4) is 0 Å². The van der Waals surface area contributed by atoms with Crippen LogP contribution in [0.2, 0.25) is 0 Å². The molecule has 0 aromatic rings. The van der Waals surface area contributed by atoms with E-state index >= 15 is 0 Å². The maximum atomic E-state index is 10.7. The van der Waals surface area contributed by atoms with Gasteiger partial charge in [0.1, 0.15) is 0 Å². The van der Waals surface area contributed by atoms with E-state index in [-0.39, 0.29) is 19.6 Å². The number of nitrogens with zero attached hydrogens (tertiary/aromatic N) is 3. The zero-order chi connectivity index (χ0) is 34.3. The molecule has 0 aliphatic heterocycles. The number of rotatable bonds is 21. The minimum absolute atomic E-state index is 0.0842. The summed E-state index contributed by atoms with van der Waals surface area (Å²) in [7, 11) is 0. The van der Waals surface area contributed by atoms with Crippen LogP contribution in [0.15, 0.2) is 0 Å². The van der Waals surface area contributed by atoms with Crippen molar-refractivity contribution in [3.05, 3.63) is 0 Å². The molecule has 0 spiro atoms. The topological polar surface area (TPSA) is 357 Å². The molecule has 0 bridgehead atoms. The van der Waals surface area contributed by atoms with Crippen LogP contribution in [0.3, 0.4) is 0 Å². The lowest BCUT2D eigenvalue weighted by atomic mass is 10.2. The Hall–Kier alpha value is -4.93. The molecule has 0 aromatic heterocycles. The van der Waals surface area contributed by atoms with Crippen LogP contribution < -0.4 is 5.32 Å². The van der Waals surface area contributed by atoms with Crippen molar-refractivity contribution in [2.75, 3.05) is 65.4 Å². The molecule has 0 fully saturated rings. The lowest BCUT2D eigenvalue weighted by Crippen LogP contribution is -2.48. The molecule has 0 amide bonds. The second-order valence-electron chi connectivity index (χ2n) is 8.22. The van der Waals surface area contributed by atoms with E-state index in [9.17, 15) is 43.2 Å². The van der Waals surface area contributed by atoms with Crippen molar-refractivity contribution in [2.24, 2.45) is 0 Å². The zero-order valence-electron chi connectivity index (χ0n) is 22.7. The Morgan fingerprint density at radius 2 is 0.698 bits per heavy atom. The third-order valence-corrected chi connectivity index (χ3v) is 4.17. The van der Waals surface area contributed by atoms with Gasteiger partial charge < -0.3 is 46.0 Å². The lowest BCUT2D eigenvalue weighted by molar-refractivity contribution is -0.146. The van der Waals surface area contributed by atoms with Crippen LogP contribution in [-0.2, 0) is 43.2 Å². The SMILES string of the molecule is CC(CN(CC(=O)O)CC(=O)O)N(CC(=O)O)CC(=O)O.O=C(O)CN(CC(=O)O)CC(=O)O.O=C(O)CNCC(=O)O. The van der Waals surface area contributed by atoms with Gasteiger partial charge >= 0.3 is 53.7 Å². The summed E-state index contributed by atoms with van der Waals surface area (Å²) < 4.78 is 0. The van der Waals surface area contributed by atoms with Crippen molar-refractivity contribution < 1.29 is 89.1 Å². The van der Waals surface area contributed by atoms with Crippen LogP contribution in [0.1, 0.15) is 6.92 Å². The molecule has 246 valence electrons. The van der Waals surface area contributed by atoms with Crippen LogP contribution >= 0.6 is 0 Å². The molecule has 1 unspecified atom stereocenters. The van der Waals surface area contributed by atoms with Gasteiger partial charge in [0.2, 0.25) is 0 Å². The number of nitrogens with one attached hydrogen (secondary N) is 1. The monoisotopic (exact) mass is 630 g/mol. The van der Waals surface area contributed by atoms with Crippen LogP contribution in [0.4, 0.5) is 0 Å². The van der Waals surface area contributed by atoms with Gasteiger partial charge in [-0.05, 0) is 6.92 Å². The normalized spacial score (nSPS) is 10.9. The summed E-state index contributed by atoms with van der Waals surface area (Å²) >= 11 is 0. The molecule has 0 saturated carbocycles. The van der Waals surface area contributed by atoms with Crippen molar-refractivity contribution in [2.45, 2.75) is 13.0 Å². The van der Waals surface area contributed by atoms with E-state index in [1.54, 1.807) is 0 Å². The lowest BCUT2D eigenvalue weighted by Gasteiger charge is -2.30. The number of hydrogen-bond donors (Lipinski definition) is 10. The highest BCUT2D eigenvalue weighted by Gasteiger charge is 2.24.